The highest BCUT2D eigenvalue weighted by atomic mass is 15.3. The molecule has 1 saturated heterocycles. The summed E-state index contributed by atoms with van der Waals surface area (Å²) in [6.07, 6.45) is 5.89. The van der Waals surface area contributed by atoms with Gasteiger partial charge in [-0.1, -0.05) is 57.0 Å². The lowest BCUT2D eigenvalue weighted by atomic mass is 9.81. The summed E-state index contributed by atoms with van der Waals surface area (Å²) in [7, 11) is 0. The molecule has 0 unspecified atom stereocenters. The molecule has 0 atom stereocenters. The molecule has 3 nitrogen and oxygen atoms in total. The monoisotopic (exact) mass is 299 g/mol. The van der Waals surface area contributed by atoms with Gasteiger partial charge in [0.25, 0.3) is 0 Å². The molecule has 0 spiro atoms. The Bertz CT molecular complexity index is 477. The van der Waals surface area contributed by atoms with Crippen LogP contribution in [0, 0.1) is 11.3 Å². The molecular formula is C19H29N3. The molecule has 1 saturated carbocycles. The summed E-state index contributed by atoms with van der Waals surface area (Å²) >= 11 is 0. The zero-order valence-corrected chi connectivity index (χ0v) is 12.8. The first kappa shape index (κ1) is 17.0. The molecule has 1 aliphatic heterocycles. The maximum absolute atomic E-state index is 9.69. The van der Waals surface area contributed by atoms with E-state index in [9.17, 15) is 5.26 Å². The van der Waals surface area contributed by atoms with Crippen molar-refractivity contribution < 1.29 is 0 Å². The standard InChI is InChI=1S/C18H25N3.CH4/c19-16-18(9-5-2-6-10-18)21-13-11-20(12-14-21)15-17-7-3-1-4-8-17;/h1,3-4,7-8H,2,5-6,9-15H2;1H4. The van der Waals surface area contributed by atoms with Crippen LogP contribution in [0.2, 0.25) is 0 Å². The first-order chi connectivity index (χ1) is 10.3. The van der Waals surface area contributed by atoms with Gasteiger partial charge in [0.2, 0.25) is 0 Å². The number of benzene rings is 1. The molecule has 0 radical (unpaired) electrons. The second-order valence-corrected chi connectivity index (χ2v) is 6.45. The van der Waals surface area contributed by atoms with Crippen molar-refractivity contribution in [3.8, 4) is 6.07 Å². The number of nitrogens with zero attached hydrogens (tertiary/aromatic N) is 3. The third-order valence-corrected chi connectivity index (χ3v) is 5.12. The molecule has 120 valence electrons. The summed E-state index contributed by atoms with van der Waals surface area (Å²) in [6, 6.07) is 13.3. The Balaban J connectivity index is 0.00000176. The molecule has 2 fully saturated rings. The van der Waals surface area contributed by atoms with Gasteiger partial charge in [-0.15, -0.1) is 0 Å². The minimum atomic E-state index is -0.156. The van der Waals surface area contributed by atoms with Crippen molar-refractivity contribution in [3.63, 3.8) is 0 Å². The zero-order chi connectivity index (χ0) is 14.5. The average molecular weight is 299 g/mol. The third-order valence-electron chi connectivity index (χ3n) is 5.12. The van der Waals surface area contributed by atoms with Gasteiger partial charge in [-0.25, -0.2) is 0 Å². The molecule has 1 aliphatic carbocycles. The van der Waals surface area contributed by atoms with Gasteiger partial charge in [0, 0.05) is 32.7 Å². The number of piperazine rings is 1. The van der Waals surface area contributed by atoms with Gasteiger partial charge in [0.1, 0.15) is 5.54 Å². The van der Waals surface area contributed by atoms with Crippen LogP contribution < -0.4 is 0 Å². The van der Waals surface area contributed by atoms with Crippen LogP contribution in [0.15, 0.2) is 30.3 Å². The van der Waals surface area contributed by atoms with E-state index < -0.39 is 0 Å². The van der Waals surface area contributed by atoms with Gasteiger partial charge in [-0.05, 0) is 18.4 Å². The van der Waals surface area contributed by atoms with E-state index in [0.717, 1.165) is 45.6 Å². The van der Waals surface area contributed by atoms with Crippen molar-refractivity contribution in [1.29, 1.82) is 5.26 Å². The second-order valence-electron chi connectivity index (χ2n) is 6.45. The topological polar surface area (TPSA) is 30.3 Å². The van der Waals surface area contributed by atoms with E-state index in [-0.39, 0.29) is 13.0 Å². The highest BCUT2D eigenvalue weighted by molar-refractivity contribution is 5.15. The first-order valence-corrected chi connectivity index (χ1v) is 8.25. The number of hydrogen-bond donors (Lipinski definition) is 0. The van der Waals surface area contributed by atoms with Crippen molar-refractivity contribution in [1.82, 2.24) is 9.80 Å². The van der Waals surface area contributed by atoms with Crippen molar-refractivity contribution in [3.05, 3.63) is 35.9 Å². The van der Waals surface area contributed by atoms with E-state index in [0.29, 0.717) is 0 Å². The predicted octanol–water partition coefficient (Wildman–Crippen LogP) is 3.67. The summed E-state index contributed by atoms with van der Waals surface area (Å²) in [5.74, 6) is 0. The van der Waals surface area contributed by atoms with Crippen LogP contribution in [0.5, 0.6) is 0 Å². The Morgan fingerprint density at radius 3 is 2.18 bits per heavy atom. The average Bonchev–Trinajstić information content (AvgIpc) is 2.57. The van der Waals surface area contributed by atoms with Gasteiger partial charge < -0.3 is 0 Å². The smallest absolute Gasteiger partial charge is 0.109 e. The summed E-state index contributed by atoms with van der Waals surface area (Å²) < 4.78 is 0. The summed E-state index contributed by atoms with van der Waals surface area (Å²) in [4.78, 5) is 4.98. The number of rotatable bonds is 3. The van der Waals surface area contributed by atoms with Crippen LogP contribution >= 0.6 is 0 Å². The fourth-order valence-electron chi connectivity index (χ4n) is 3.81. The Morgan fingerprint density at radius 1 is 0.955 bits per heavy atom. The molecule has 22 heavy (non-hydrogen) atoms. The molecule has 0 aromatic heterocycles. The lowest BCUT2D eigenvalue weighted by Crippen LogP contribution is -2.57. The molecule has 0 bridgehead atoms. The molecule has 0 amide bonds. The van der Waals surface area contributed by atoms with Gasteiger partial charge >= 0.3 is 0 Å². The largest absolute Gasteiger partial charge is 0.297 e. The van der Waals surface area contributed by atoms with Crippen LogP contribution in [-0.2, 0) is 6.54 Å². The van der Waals surface area contributed by atoms with E-state index >= 15 is 0 Å². The Hall–Kier alpha value is -1.37. The van der Waals surface area contributed by atoms with Crippen molar-refractivity contribution >= 4 is 0 Å². The van der Waals surface area contributed by atoms with E-state index in [4.69, 9.17) is 0 Å². The zero-order valence-electron chi connectivity index (χ0n) is 12.8. The molecule has 1 heterocycles. The van der Waals surface area contributed by atoms with Crippen molar-refractivity contribution in [2.75, 3.05) is 26.2 Å². The maximum Gasteiger partial charge on any atom is 0.109 e. The highest BCUT2D eigenvalue weighted by Crippen LogP contribution is 2.33. The summed E-state index contributed by atoms with van der Waals surface area (Å²) in [6.45, 7) is 5.28. The van der Waals surface area contributed by atoms with Crippen LogP contribution in [0.4, 0.5) is 0 Å². The Labute approximate surface area is 135 Å². The van der Waals surface area contributed by atoms with Crippen LogP contribution in [0.25, 0.3) is 0 Å². The molecular weight excluding hydrogens is 270 g/mol. The minimum Gasteiger partial charge on any atom is -0.297 e. The fourth-order valence-corrected chi connectivity index (χ4v) is 3.81. The van der Waals surface area contributed by atoms with Gasteiger partial charge in [-0.2, -0.15) is 5.26 Å². The highest BCUT2D eigenvalue weighted by Gasteiger charge is 2.39. The van der Waals surface area contributed by atoms with Crippen molar-refractivity contribution in [2.24, 2.45) is 0 Å². The maximum atomic E-state index is 9.69. The van der Waals surface area contributed by atoms with Crippen LogP contribution in [0.3, 0.4) is 0 Å². The molecule has 1 aromatic rings. The third kappa shape index (κ3) is 3.69. The molecule has 0 N–H and O–H groups in total. The van der Waals surface area contributed by atoms with E-state index in [1.54, 1.807) is 0 Å². The summed E-state index contributed by atoms with van der Waals surface area (Å²) in [5.41, 5.74) is 1.23. The normalized spacial score (nSPS) is 22.5. The van der Waals surface area contributed by atoms with Gasteiger partial charge in [0.15, 0.2) is 0 Å². The number of hydrogen-bond acceptors (Lipinski definition) is 3. The van der Waals surface area contributed by atoms with E-state index in [1.807, 2.05) is 0 Å². The fraction of sp³-hybridized carbons (Fsp3) is 0.632. The lowest BCUT2D eigenvalue weighted by Gasteiger charge is -2.45. The van der Waals surface area contributed by atoms with E-state index in [2.05, 4.69) is 46.2 Å². The summed E-state index contributed by atoms with van der Waals surface area (Å²) in [5, 5.41) is 9.69. The number of nitriles is 1. The van der Waals surface area contributed by atoms with E-state index in [1.165, 1.54) is 24.8 Å². The molecule has 3 rings (SSSR count). The second kappa shape index (κ2) is 7.76. The SMILES string of the molecule is C.N#CC1(N2CCN(Cc3ccccc3)CC2)CCCCC1. The quantitative estimate of drug-likeness (QED) is 0.853. The van der Waals surface area contributed by atoms with Gasteiger partial charge in [-0.3, -0.25) is 9.80 Å². The van der Waals surface area contributed by atoms with Crippen LogP contribution in [-0.4, -0.2) is 41.5 Å². The van der Waals surface area contributed by atoms with Crippen molar-refractivity contribution in [2.45, 2.75) is 51.6 Å². The Morgan fingerprint density at radius 2 is 1.59 bits per heavy atom. The predicted molar refractivity (Wildman–Crippen MR) is 91.5 cm³/mol. The first-order valence-electron chi connectivity index (χ1n) is 8.25. The molecule has 1 aromatic carbocycles. The van der Waals surface area contributed by atoms with Gasteiger partial charge in [0.05, 0.1) is 6.07 Å². The minimum absolute atomic E-state index is 0. The molecule has 3 heteroatoms. The van der Waals surface area contributed by atoms with Crippen LogP contribution in [0.1, 0.15) is 45.1 Å². The lowest BCUT2D eigenvalue weighted by molar-refractivity contribution is 0.0389. The Kier molecular flexibility index (Phi) is 5.99. The molecule has 2 aliphatic rings.